The van der Waals surface area contributed by atoms with Crippen LogP contribution >= 0.6 is 0 Å². The van der Waals surface area contributed by atoms with Crippen molar-refractivity contribution in [2.45, 2.75) is 183 Å². The molecule has 7 atom stereocenters. The number of fused-ring (bicyclic) bond motifs is 8. The molecule has 0 unspecified atom stereocenters. The molecule has 10 heteroatoms. The molecule has 1 aliphatic carbocycles. The number of aromatic nitrogens is 4. The van der Waals surface area contributed by atoms with Crippen LogP contribution in [0, 0.1) is 31.6 Å². The lowest BCUT2D eigenvalue weighted by molar-refractivity contribution is -0.143. The predicted octanol–water partition coefficient (Wildman–Crippen LogP) is 13.5. The van der Waals surface area contributed by atoms with E-state index in [1.54, 1.807) is 6.92 Å². The zero-order chi connectivity index (χ0) is 47.3. The van der Waals surface area contributed by atoms with Crippen molar-refractivity contribution in [3.05, 3.63) is 80.4 Å². The Morgan fingerprint density at radius 2 is 1.37 bits per heavy atom. The maximum absolute atomic E-state index is 14.4. The summed E-state index contributed by atoms with van der Waals surface area (Å²) in [6.45, 7) is 23.5. The molecule has 0 amide bonds. The van der Waals surface area contributed by atoms with E-state index >= 15 is 0 Å². The standard InChI is InChI=1S/C55H76N4O6/c1-13-39-34(7)41-29-46-48(38(11)60)36(9)43(57-46)27-42-35(8)40(52(58-42)50-51(55(63)64-12)54(62)49-37(10)44(59-53(49)50)28-45(39)56-41)23-24-47(61)65-26-25-33(6)22-16-21-32(5)20-15-19-31(4)18-14-17-30(2)3/h25,27-32,34-35,39-40,51,57,59H,13-24,26H2,1-12H3/b33-25+,41-29?,42-27?,43-27?,44-28?,45-28?,46-29?,52-50?/t31-,32-,34-,35+,39-,40+,51-/m1/s1/i55+1. The smallest absolute Gasteiger partial charge is 0.321 e. The van der Waals surface area contributed by atoms with Crippen molar-refractivity contribution < 1.29 is 28.7 Å². The van der Waals surface area contributed by atoms with Gasteiger partial charge in [-0.15, -0.1) is 0 Å². The molecule has 0 radical (unpaired) electrons. The zero-order valence-corrected chi connectivity index (χ0v) is 41.5. The van der Waals surface area contributed by atoms with Gasteiger partial charge < -0.3 is 19.4 Å². The van der Waals surface area contributed by atoms with Gasteiger partial charge >= 0.3 is 11.9 Å². The quantitative estimate of drug-likeness (QED) is 0.0375. The topological polar surface area (TPSA) is 144 Å². The van der Waals surface area contributed by atoms with Crippen LogP contribution in [0.4, 0.5) is 0 Å². The van der Waals surface area contributed by atoms with Crippen LogP contribution in [0.15, 0.2) is 29.8 Å². The Bertz CT molecular complexity index is 2450. The highest BCUT2D eigenvalue weighted by Crippen LogP contribution is 2.48. The molecule has 2 N–H and O–H groups in total. The summed E-state index contributed by atoms with van der Waals surface area (Å²) < 4.78 is 11.1. The largest absolute Gasteiger partial charge is 0.468 e. The van der Waals surface area contributed by atoms with Gasteiger partial charge in [-0.1, -0.05) is 99.0 Å². The number of aryl methyl sites for hydroxylation is 2. The normalized spacial score (nSPS) is 20.4. The van der Waals surface area contributed by atoms with Gasteiger partial charge in [-0.25, -0.2) is 0 Å². The summed E-state index contributed by atoms with van der Waals surface area (Å²) in [5.41, 5.74) is 10.1. The summed E-state index contributed by atoms with van der Waals surface area (Å²) in [6.07, 6.45) is 14.6. The number of ether oxygens (including phenoxy) is 2. The molecule has 0 fully saturated rings. The van der Waals surface area contributed by atoms with E-state index in [0.717, 1.165) is 70.3 Å². The Morgan fingerprint density at radius 1 is 0.769 bits per heavy atom. The summed E-state index contributed by atoms with van der Waals surface area (Å²) in [6, 6.07) is 5.99. The maximum Gasteiger partial charge on any atom is 0.321 e. The monoisotopic (exact) mass is 890 g/mol. The van der Waals surface area contributed by atoms with Crippen LogP contribution in [0.25, 0.3) is 22.1 Å². The first-order valence-electron chi connectivity index (χ1n) is 24.7. The summed E-state index contributed by atoms with van der Waals surface area (Å²) in [5.74, 6) is -0.573. The Morgan fingerprint density at radius 3 is 2.02 bits per heavy atom. The lowest BCUT2D eigenvalue weighted by Gasteiger charge is -2.18. The van der Waals surface area contributed by atoms with E-state index in [1.807, 2.05) is 38.1 Å². The van der Waals surface area contributed by atoms with Gasteiger partial charge in [0.05, 0.1) is 23.8 Å². The number of rotatable bonds is 20. The SMILES string of the molecule is CC[C@H]1c2cc3[nH]c4c(c3C)C(=O)[C@H]([13C](=O)OC)c4c3nc(cc4[nH]c(cc(n2)[C@@H]1C)c(C(C)=O)c4C)[C@@H](C)[C@@H]3CCC(=O)OC/C=C(\C)CCC[C@H](C)CCC[C@H](C)CCCC(C)C. The average molecular weight is 890 g/mol. The number of H-pyrrole nitrogens is 2. The molecule has 5 heterocycles. The van der Waals surface area contributed by atoms with E-state index in [-0.39, 0.29) is 54.2 Å². The highest BCUT2D eigenvalue weighted by Gasteiger charge is 2.45. The molecule has 10 nitrogen and oxygen atoms in total. The fourth-order valence-electron chi connectivity index (χ4n) is 10.8. The molecule has 352 valence electrons. The molecule has 3 aromatic rings. The van der Waals surface area contributed by atoms with Crippen molar-refractivity contribution in [2.24, 2.45) is 17.8 Å². The van der Waals surface area contributed by atoms with Crippen molar-refractivity contribution in [1.82, 2.24) is 19.9 Å². The summed E-state index contributed by atoms with van der Waals surface area (Å²) in [5, 5.41) is 0. The van der Waals surface area contributed by atoms with E-state index in [2.05, 4.69) is 65.4 Å². The van der Waals surface area contributed by atoms with Crippen LogP contribution in [-0.4, -0.2) is 57.2 Å². The molecule has 0 spiro atoms. The molecule has 8 bridgehead atoms. The van der Waals surface area contributed by atoms with Crippen LogP contribution in [0.1, 0.15) is 229 Å². The fourth-order valence-corrected chi connectivity index (χ4v) is 10.8. The zero-order valence-electron chi connectivity index (χ0n) is 41.5. The van der Waals surface area contributed by atoms with E-state index < -0.39 is 11.9 Å². The van der Waals surface area contributed by atoms with Crippen molar-refractivity contribution in [3.63, 3.8) is 0 Å². The van der Waals surface area contributed by atoms with Crippen molar-refractivity contribution in [3.8, 4) is 0 Å². The molecule has 65 heavy (non-hydrogen) atoms. The molecule has 0 aromatic carbocycles. The maximum atomic E-state index is 14.4. The molecule has 3 aliphatic rings. The van der Waals surface area contributed by atoms with E-state index in [1.165, 1.54) is 57.6 Å². The number of allylic oxidation sites excluding steroid dienone is 1. The van der Waals surface area contributed by atoms with Gasteiger partial charge in [0.25, 0.3) is 0 Å². The number of methoxy groups -OCH3 is 1. The van der Waals surface area contributed by atoms with Crippen molar-refractivity contribution >= 4 is 45.6 Å². The van der Waals surface area contributed by atoms with Gasteiger partial charge in [0.1, 0.15) is 12.5 Å². The second-order valence-corrected chi connectivity index (χ2v) is 20.3. The minimum Gasteiger partial charge on any atom is -0.468 e. The number of carbonyl (C=O) groups excluding carboxylic acids is 4. The number of esters is 2. The minimum absolute atomic E-state index is 0.0532. The third kappa shape index (κ3) is 11.1. The number of ketones is 2. The van der Waals surface area contributed by atoms with Gasteiger partial charge in [0, 0.05) is 74.9 Å². The van der Waals surface area contributed by atoms with Gasteiger partial charge in [0.2, 0.25) is 0 Å². The third-order valence-electron chi connectivity index (χ3n) is 14.9. The number of carbonyl (C=O) groups is 4. The first kappa shape index (κ1) is 49.6. The Labute approximate surface area is 387 Å². The highest BCUT2D eigenvalue weighted by atomic mass is 16.6. The Balaban J connectivity index is 1.25. The highest BCUT2D eigenvalue weighted by molar-refractivity contribution is 6.23. The van der Waals surface area contributed by atoms with Crippen LogP contribution in [0.2, 0.25) is 0 Å². The number of Topliss-reactive ketones (excluding diaryl/α,β-unsaturated/α-hetero) is 2. The summed E-state index contributed by atoms with van der Waals surface area (Å²) >= 11 is 0. The lowest BCUT2D eigenvalue weighted by atomic mass is 9.85. The van der Waals surface area contributed by atoms with Gasteiger partial charge in [-0.3, -0.25) is 29.1 Å². The number of hydrogen-bond donors (Lipinski definition) is 2. The van der Waals surface area contributed by atoms with Crippen LogP contribution in [0.3, 0.4) is 0 Å². The van der Waals surface area contributed by atoms with E-state index in [4.69, 9.17) is 19.4 Å². The van der Waals surface area contributed by atoms with E-state index in [0.29, 0.717) is 45.8 Å². The Kier molecular flexibility index (Phi) is 16.5. The number of nitrogens with zero attached hydrogens (tertiary/aromatic N) is 2. The second kappa shape index (κ2) is 21.6. The van der Waals surface area contributed by atoms with Gasteiger partial charge in [-0.05, 0) is 107 Å². The fraction of sp³-hybridized carbons (Fsp3) is 0.600. The number of nitrogens with one attached hydrogen (secondary N) is 2. The Hall–Kier alpha value is -4.86. The summed E-state index contributed by atoms with van der Waals surface area (Å²) in [4.78, 5) is 72.1. The predicted molar refractivity (Wildman–Crippen MR) is 261 cm³/mol. The van der Waals surface area contributed by atoms with Crippen molar-refractivity contribution in [1.29, 1.82) is 0 Å². The number of hydrogen-bond acceptors (Lipinski definition) is 8. The molecule has 2 aliphatic heterocycles. The lowest BCUT2D eigenvalue weighted by Crippen LogP contribution is -2.21. The molecule has 3 aromatic heterocycles. The first-order valence-corrected chi connectivity index (χ1v) is 24.7. The second-order valence-electron chi connectivity index (χ2n) is 20.3. The molecular formula is C55H76N4O6. The van der Waals surface area contributed by atoms with Gasteiger partial charge in [-0.2, -0.15) is 0 Å². The molecule has 0 saturated heterocycles. The molecular weight excluding hydrogens is 814 g/mol. The van der Waals surface area contributed by atoms with E-state index in [9.17, 15) is 19.2 Å². The summed E-state index contributed by atoms with van der Waals surface area (Å²) in [7, 11) is 1.30. The van der Waals surface area contributed by atoms with Crippen LogP contribution in [-0.2, 0) is 19.1 Å². The van der Waals surface area contributed by atoms with Crippen LogP contribution in [0.5, 0.6) is 0 Å². The first-order chi connectivity index (χ1) is 30.9. The molecule has 0 saturated carbocycles. The number of aromatic amines is 2. The van der Waals surface area contributed by atoms with Gasteiger partial charge in [0.15, 0.2) is 11.6 Å². The third-order valence-corrected chi connectivity index (χ3v) is 14.9. The minimum atomic E-state index is -1.21. The average Bonchev–Trinajstić information content (AvgIpc) is 4.00. The van der Waals surface area contributed by atoms with Crippen LogP contribution < -0.4 is 0 Å². The van der Waals surface area contributed by atoms with Crippen molar-refractivity contribution in [2.75, 3.05) is 13.7 Å². The molecule has 6 rings (SSSR count).